The van der Waals surface area contributed by atoms with Crippen LogP contribution in [0.5, 0.6) is 0 Å². The fourth-order valence-corrected chi connectivity index (χ4v) is 4.09. The molecule has 0 aliphatic carbocycles. The van der Waals surface area contributed by atoms with E-state index in [9.17, 15) is 9.59 Å². The summed E-state index contributed by atoms with van der Waals surface area (Å²) in [6.07, 6.45) is 3.11. The van der Waals surface area contributed by atoms with Crippen molar-refractivity contribution in [1.29, 1.82) is 0 Å². The molecule has 29 heavy (non-hydrogen) atoms. The summed E-state index contributed by atoms with van der Waals surface area (Å²) in [6, 6.07) is 8.40. The van der Waals surface area contributed by atoms with Gasteiger partial charge in [-0.3, -0.25) is 9.59 Å². The highest BCUT2D eigenvalue weighted by molar-refractivity contribution is 7.98. The van der Waals surface area contributed by atoms with Crippen LogP contribution in [0.25, 0.3) is 0 Å². The molecule has 1 aliphatic heterocycles. The predicted molar refractivity (Wildman–Crippen MR) is 118 cm³/mol. The summed E-state index contributed by atoms with van der Waals surface area (Å²) in [4.78, 5) is 30.6. The first-order chi connectivity index (χ1) is 13.7. The lowest BCUT2D eigenvalue weighted by molar-refractivity contribution is -0.930. The van der Waals surface area contributed by atoms with Crippen LogP contribution in [0.1, 0.15) is 32.8 Å². The molecule has 162 valence electrons. The maximum Gasteiger partial charge on any atom is 0.277 e. The standard InChI is InChI=1S/C22H36N4O2S/c1-22(2,3)23-20(27)16-25-11-6-12-26(14-13-25)17-21(28)24(4)15-18-7-9-19(29-5)10-8-18/h7-10H,6,11-17H2,1-5H3,(H,23,27)/p+2. The monoisotopic (exact) mass is 422 g/mol. The van der Waals surface area contributed by atoms with Crippen LogP contribution in [-0.2, 0) is 16.1 Å². The van der Waals surface area contributed by atoms with Crippen molar-refractivity contribution < 1.29 is 19.4 Å². The molecule has 1 saturated heterocycles. The molecular formula is C22H38N4O2S+2. The third-order valence-electron chi connectivity index (χ3n) is 5.22. The number of nitrogens with zero attached hydrogens (tertiary/aromatic N) is 1. The van der Waals surface area contributed by atoms with Gasteiger partial charge in [0, 0.05) is 30.4 Å². The highest BCUT2D eigenvalue weighted by Gasteiger charge is 2.26. The first-order valence-corrected chi connectivity index (χ1v) is 11.7. The van der Waals surface area contributed by atoms with Crippen molar-refractivity contribution in [3.05, 3.63) is 29.8 Å². The van der Waals surface area contributed by atoms with E-state index in [1.807, 2.05) is 32.7 Å². The molecule has 2 atom stereocenters. The van der Waals surface area contributed by atoms with Gasteiger partial charge in [-0.15, -0.1) is 11.8 Å². The number of thioether (sulfide) groups is 1. The van der Waals surface area contributed by atoms with Crippen molar-refractivity contribution in [2.45, 2.75) is 44.2 Å². The molecule has 2 amide bonds. The van der Waals surface area contributed by atoms with Crippen molar-refractivity contribution in [1.82, 2.24) is 10.2 Å². The number of hydrogen-bond acceptors (Lipinski definition) is 3. The Labute approximate surface area is 180 Å². The van der Waals surface area contributed by atoms with Crippen LogP contribution >= 0.6 is 11.8 Å². The van der Waals surface area contributed by atoms with Gasteiger partial charge in [0.1, 0.15) is 13.1 Å². The lowest BCUT2D eigenvalue weighted by Gasteiger charge is -2.23. The third kappa shape index (κ3) is 8.76. The van der Waals surface area contributed by atoms with Crippen LogP contribution in [0.4, 0.5) is 0 Å². The average molecular weight is 423 g/mol. The normalized spacial score (nSPS) is 20.0. The lowest BCUT2D eigenvalue weighted by atomic mass is 10.1. The number of carbonyl (C=O) groups excluding carboxylic acids is 2. The van der Waals surface area contributed by atoms with Crippen LogP contribution in [0.2, 0.25) is 0 Å². The van der Waals surface area contributed by atoms with Gasteiger partial charge >= 0.3 is 0 Å². The molecule has 0 radical (unpaired) electrons. The summed E-state index contributed by atoms with van der Waals surface area (Å²) in [5, 5.41) is 3.05. The molecule has 1 aliphatic rings. The quantitative estimate of drug-likeness (QED) is 0.517. The fourth-order valence-electron chi connectivity index (χ4n) is 3.68. The van der Waals surface area contributed by atoms with Gasteiger partial charge in [0.25, 0.3) is 11.8 Å². The Morgan fingerprint density at radius 3 is 2.17 bits per heavy atom. The summed E-state index contributed by atoms with van der Waals surface area (Å²) in [5.41, 5.74) is 0.969. The largest absolute Gasteiger partial charge is 0.347 e. The first-order valence-electron chi connectivity index (χ1n) is 10.5. The summed E-state index contributed by atoms with van der Waals surface area (Å²) in [6.45, 7) is 11.6. The number of quaternary nitrogens is 2. The smallest absolute Gasteiger partial charge is 0.277 e. The van der Waals surface area contributed by atoms with E-state index in [4.69, 9.17) is 0 Å². The summed E-state index contributed by atoms with van der Waals surface area (Å²) >= 11 is 1.72. The second-order valence-electron chi connectivity index (χ2n) is 9.10. The summed E-state index contributed by atoms with van der Waals surface area (Å²) < 4.78 is 0. The molecule has 2 rings (SSSR count). The molecule has 1 aromatic rings. The van der Waals surface area contributed by atoms with Gasteiger partial charge in [-0.25, -0.2) is 0 Å². The minimum Gasteiger partial charge on any atom is -0.347 e. The Hall–Kier alpha value is -1.57. The number of likely N-dealkylation sites (N-methyl/N-ethyl adjacent to an activating group) is 1. The van der Waals surface area contributed by atoms with Gasteiger partial charge in [-0.1, -0.05) is 12.1 Å². The Morgan fingerprint density at radius 1 is 1.03 bits per heavy atom. The molecule has 3 N–H and O–H groups in total. The van der Waals surface area contributed by atoms with E-state index in [1.165, 1.54) is 14.7 Å². The van der Waals surface area contributed by atoms with E-state index in [1.54, 1.807) is 11.8 Å². The SMILES string of the molecule is CSc1ccc(CN(C)C(=O)C[NH+]2CCC[NH+](CC(=O)NC(C)(C)C)CC2)cc1. The minimum absolute atomic E-state index is 0.110. The van der Waals surface area contributed by atoms with Crippen molar-refractivity contribution in [3.8, 4) is 0 Å². The number of carbonyl (C=O) groups is 2. The lowest BCUT2D eigenvalue weighted by Crippen LogP contribution is -3.18. The highest BCUT2D eigenvalue weighted by atomic mass is 32.2. The molecular weight excluding hydrogens is 384 g/mol. The summed E-state index contributed by atoms with van der Waals surface area (Å²) in [7, 11) is 1.89. The topological polar surface area (TPSA) is 58.3 Å². The molecule has 2 unspecified atom stereocenters. The number of rotatable bonds is 7. The van der Waals surface area contributed by atoms with Gasteiger partial charge in [-0.05, 0) is 44.7 Å². The molecule has 1 heterocycles. The molecule has 0 aromatic heterocycles. The van der Waals surface area contributed by atoms with E-state index in [2.05, 4.69) is 35.8 Å². The predicted octanol–water partition coefficient (Wildman–Crippen LogP) is -0.545. The number of hydrogen-bond donors (Lipinski definition) is 3. The van der Waals surface area contributed by atoms with Crippen molar-refractivity contribution in [2.75, 3.05) is 52.6 Å². The zero-order valence-electron chi connectivity index (χ0n) is 18.6. The second kappa shape index (κ2) is 11.0. The van der Waals surface area contributed by atoms with Gasteiger partial charge < -0.3 is 20.0 Å². The van der Waals surface area contributed by atoms with E-state index in [0.29, 0.717) is 19.6 Å². The zero-order valence-corrected chi connectivity index (χ0v) is 19.5. The highest BCUT2D eigenvalue weighted by Crippen LogP contribution is 2.15. The molecule has 1 fully saturated rings. The van der Waals surface area contributed by atoms with Gasteiger partial charge in [0.05, 0.1) is 13.1 Å². The second-order valence-corrected chi connectivity index (χ2v) is 9.98. The molecule has 0 saturated carbocycles. The van der Waals surface area contributed by atoms with Crippen LogP contribution < -0.4 is 15.1 Å². The summed E-state index contributed by atoms with van der Waals surface area (Å²) in [5.74, 6) is 0.294. The minimum atomic E-state index is -0.188. The Morgan fingerprint density at radius 2 is 1.62 bits per heavy atom. The molecule has 7 heteroatoms. The molecule has 0 spiro atoms. The number of nitrogens with one attached hydrogen (secondary N) is 3. The average Bonchev–Trinajstić information content (AvgIpc) is 2.85. The van der Waals surface area contributed by atoms with Crippen LogP contribution in [0, 0.1) is 0 Å². The van der Waals surface area contributed by atoms with Crippen LogP contribution in [0.15, 0.2) is 29.2 Å². The first kappa shape index (κ1) is 23.7. The van der Waals surface area contributed by atoms with E-state index >= 15 is 0 Å². The fraction of sp³-hybridized carbons (Fsp3) is 0.636. The zero-order chi connectivity index (χ0) is 21.4. The maximum atomic E-state index is 12.7. The Balaban J connectivity index is 1.78. The molecule has 0 bridgehead atoms. The van der Waals surface area contributed by atoms with Crippen molar-refractivity contribution in [2.24, 2.45) is 0 Å². The van der Waals surface area contributed by atoms with E-state index < -0.39 is 0 Å². The maximum absolute atomic E-state index is 12.7. The van der Waals surface area contributed by atoms with Crippen LogP contribution in [0.3, 0.4) is 0 Å². The Kier molecular flexibility index (Phi) is 8.99. The third-order valence-corrected chi connectivity index (χ3v) is 5.97. The van der Waals surface area contributed by atoms with Gasteiger partial charge in [-0.2, -0.15) is 0 Å². The van der Waals surface area contributed by atoms with Crippen molar-refractivity contribution in [3.63, 3.8) is 0 Å². The van der Waals surface area contributed by atoms with Gasteiger partial charge in [0.2, 0.25) is 0 Å². The van der Waals surface area contributed by atoms with E-state index in [0.717, 1.165) is 38.2 Å². The number of benzene rings is 1. The number of amides is 2. The molecule has 6 nitrogen and oxygen atoms in total. The van der Waals surface area contributed by atoms with Crippen LogP contribution in [-0.4, -0.2) is 74.8 Å². The van der Waals surface area contributed by atoms with E-state index in [-0.39, 0.29) is 17.4 Å². The van der Waals surface area contributed by atoms with Crippen molar-refractivity contribution >= 4 is 23.6 Å². The molecule has 1 aromatic carbocycles. The Bertz CT molecular complexity index is 672. The van der Waals surface area contributed by atoms with Gasteiger partial charge in [0.15, 0.2) is 13.1 Å².